The summed E-state index contributed by atoms with van der Waals surface area (Å²) >= 11 is 1.33. The van der Waals surface area contributed by atoms with Gasteiger partial charge >= 0.3 is 5.97 Å². The Kier molecular flexibility index (Phi) is 6.17. The normalized spacial score (nSPS) is 10.3. The molecule has 1 N–H and O–H groups in total. The molecule has 0 aliphatic rings. The van der Waals surface area contributed by atoms with Crippen LogP contribution in [0.5, 0.6) is 5.75 Å². The molecule has 0 spiro atoms. The summed E-state index contributed by atoms with van der Waals surface area (Å²) in [6.07, 6.45) is 0. The molecule has 3 aromatic rings. The zero-order valence-corrected chi connectivity index (χ0v) is 15.5. The summed E-state index contributed by atoms with van der Waals surface area (Å²) in [6, 6.07) is 16.9. The number of benzene rings is 2. The van der Waals surface area contributed by atoms with Crippen molar-refractivity contribution in [2.75, 3.05) is 13.7 Å². The van der Waals surface area contributed by atoms with Crippen molar-refractivity contribution in [3.8, 4) is 16.3 Å². The zero-order valence-electron chi connectivity index (χ0n) is 14.7. The lowest BCUT2D eigenvalue weighted by Gasteiger charge is -2.05. The first-order chi connectivity index (χ1) is 13.2. The number of rotatable bonds is 7. The highest BCUT2D eigenvalue weighted by Crippen LogP contribution is 2.25. The fraction of sp³-hybridized carbons (Fsp3) is 0.150. The first-order valence-corrected chi connectivity index (χ1v) is 9.11. The van der Waals surface area contributed by atoms with Gasteiger partial charge in [0.1, 0.15) is 10.8 Å². The van der Waals surface area contributed by atoms with Crippen LogP contribution in [0.3, 0.4) is 0 Å². The fourth-order valence-corrected chi connectivity index (χ4v) is 3.08. The SMILES string of the molecule is COc1ccc(-c2nc(C(=O)OCC(=O)NCc3ccccc3)cs2)cc1. The molecule has 27 heavy (non-hydrogen) atoms. The van der Waals surface area contributed by atoms with Crippen LogP contribution in [-0.2, 0) is 16.1 Å². The Balaban J connectivity index is 1.50. The standard InChI is InChI=1S/C20H18N2O4S/c1-25-16-9-7-15(8-10-16)19-22-17(13-27-19)20(24)26-12-18(23)21-11-14-5-3-2-4-6-14/h2-10,13H,11-12H2,1H3,(H,21,23). The van der Waals surface area contributed by atoms with Crippen molar-refractivity contribution >= 4 is 23.2 Å². The number of amides is 1. The largest absolute Gasteiger partial charge is 0.497 e. The van der Waals surface area contributed by atoms with Gasteiger partial charge in [-0.25, -0.2) is 9.78 Å². The molecular formula is C20H18N2O4S. The molecule has 0 saturated heterocycles. The summed E-state index contributed by atoms with van der Waals surface area (Å²) in [6.45, 7) is 0.0383. The molecule has 1 aromatic heterocycles. The number of esters is 1. The van der Waals surface area contributed by atoms with E-state index in [9.17, 15) is 9.59 Å². The number of aromatic nitrogens is 1. The van der Waals surface area contributed by atoms with E-state index in [1.807, 2.05) is 54.6 Å². The van der Waals surface area contributed by atoms with Crippen LogP contribution in [0.2, 0.25) is 0 Å². The van der Waals surface area contributed by atoms with E-state index in [-0.39, 0.29) is 18.2 Å². The molecule has 0 fully saturated rings. The van der Waals surface area contributed by atoms with E-state index in [4.69, 9.17) is 9.47 Å². The van der Waals surface area contributed by atoms with Crippen molar-refractivity contribution in [3.05, 3.63) is 71.2 Å². The molecule has 0 saturated carbocycles. The lowest BCUT2D eigenvalue weighted by Crippen LogP contribution is -2.28. The zero-order chi connectivity index (χ0) is 19.1. The number of carbonyl (C=O) groups is 2. The van der Waals surface area contributed by atoms with E-state index >= 15 is 0 Å². The second-order valence-electron chi connectivity index (χ2n) is 5.60. The van der Waals surface area contributed by atoms with Crippen LogP contribution in [0.4, 0.5) is 0 Å². The Morgan fingerprint density at radius 1 is 1.07 bits per heavy atom. The Morgan fingerprint density at radius 2 is 1.81 bits per heavy atom. The molecular weight excluding hydrogens is 364 g/mol. The Hall–Kier alpha value is -3.19. The van der Waals surface area contributed by atoms with Gasteiger partial charge in [-0.2, -0.15) is 0 Å². The van der Waals surface area contributed by atoms with Crippen LogP contribution in [-0.4, -0.2) is 30.6 Å². The van der Waals surface area contributed by atoms with Gasteiger partial charge in [0.05, 0.1) is 7.11 Å². The molecule has 1 heterocycles. The highest BCUT2D eigenvalue weighted by molar-refractivity contribution is 7.13. The molecule has 3 rings (SSSR count). The number of thiazole rings is 1. The summed E-state index contributed by atoms with van der Waals surface area (Å²) in [4.78, 5) is 28.2. The average Bonchev–Trinajstić information content (AvgIpc) is 3.21. The maximum Gasteiger partial charge on any atom is 0.358 e. The molecule has 0 radical (unpaired) electrons. The quantitative estimate of drug-likeness (QED) is 0.635. The number of hydrogen-bond acceptors (Lipinski definition) is 6. The van der Waals surface area contributed by atoms with Gasteiger partial charge in [0.2, 0.25) is 0 Å². The molecule has 1 amide bonds. The minimum Gasteiger partial charge on any atom is -0.497 e. The monoisotopic (exact) mass is 382 g/mol. The minimum atomic E-state index is -0.624. The smallest absolute Gasteiger partial charge is 0.358 e. The van der Waals surface area contributed by atoms with Gasteiger partial charge in [-0.3, -0.25) is 4.79 Å². The molecule has 7 heteroatoms. The van der Waals surface area contributed by atoms with Crippen molar-refractivity contribution in [1.29, 1.82) is 0 Å². The van der Waals surface area contributed by atoms with Gasteiger partial charge in [0, 0.05) is 17.5 Å². The van der Waals surface area contributed by atoms with Crippen LogP contribution >= 0.6 is 11.3 Å². The molecule has 0 unspecified atom stereocenters. The summed E-state index contributed by atoms with van der Waals surface area (Å²) in [5.41, 5.74) is 2.03. The molecule has 0 atom stereocenters. The van der Waals surface area contributed by atoms with Gasteiger partial charge in [-0.05, 0) is 29.8 Å². The van der Waals surface area contributed by atoms with Crippen LogP contribution in [0.1, 0.15) is 16.1 Å². The predicted molar refractivity (Wildman–Crippen MR) is 103 cm³/mol. The summed E-state index contributed by atoms with van der Waals surface area (Å²) in [5, 5.41) is 5.01. The van der Waals surface area contributed by atoms with Crippen molar-refractivity contribution in [2.45, 2.75) is 6.54 Å². The highest BCUT2D eigenvalue weighted by Gasteiger charge is 2.15. The number of methoxy groups -OCH3 is 1. The molecule has 2 aromatic carbocycles. The van der Waals surface area contributed by atoms with E-state index in [0.29, 0.717) is 11.6 Å². The third-order valence-electron chi connectivity index (χ3n) is 3.72. The Bertz CT molecular complexity index is 907. The third kappa shape index (κ3) is 5.15. The molecule has 6 nitrogen and oxygen atoms in total. The van der Waals surface area contributed by atoms with E-state index in [2.05, 4.69) is 10.3 Å². The van der Waals surface area contributed by atoms with Gasteiger partial charge in [-0.1, -0.05) is 30.3 Å². The number of carbonyl (C=O) groups excluding carboxylic acids is 2. The lowest BCUT2D eigenvalue weighted by molar-refractivity contribution is -0.124. The number of hydrogen-bond donors (Lipinski definition) is 1. The molecule has 0 bridgehead atoms. The number of nitrogens with one attached hydrogen (secondary N) is 1. The van der Waals surface area contributed by atoms with E-state index in [1.54, 1.807) is 12.5 Å². The second kappa shape index (κ2) is 8.95. The third-order valence-corrected chi connectivity index (χ3v) is 4.61. The minimum absolute atomic E-state index is 0.182. The van der Waals surface area contributed by atoms with Crippen molar-refractivity contribution in [3.63, 3.8) is 0 Å². The fourth-order valence-electron chi connectivity index (χ4n) is 2.29. The van der Waals surface area contributed by atoms with Crippen molar-refractivity contribution in [1.82, 2.24) is 10.3 Å². The maximum absolute atomic E-state index is 12.1. The molecule has 0 aliphatic carbocycles. The number of ether oxygens (including phenoxy) is 2. The summed E-state index contributed by atoms with van der Waals surface area (Å²) in [5.74, 6) is -0.241. The average molecular weight is 382 g/mol. The second-order valence-corrected chi connectivity index (χ2v) is 6.46. The first kappa shape index (κ1) is 18.6. The van der Waals surface area contributed by atoms with E-state index in [1.165, 1.54) is 11.3 Å². The predicted octanol–water partition coefficient (Wildman–Crippen LogP) is 3.29. The Morgan fingerprint density at radius 3 is 2.52 bits per heavy atom. The van der Waals surface area contributed by atoms with Gasteiger partial charge in [0.25, 0.3) is 5.91 Å². The number of nitrogens with zero attached hydrogens (tertiary/aromatic N) is 1. The maximum atomic E-state index is 12.1. The van der Waals surface area contributed by atoms with Gasteiger partial charge < -0.3 is 14.8 Å². The van der Waals surface area contributed by atoms with Crippen molar-refractivity contribution < 1.29 is 19.1 Å². The van der Waals surface area contributed by atoms with Crippen LogP contribution < -0.4 is 10.1 Å². The van der Waals surface area contributed by atoms with Crippen LogP contribution in [0.15, 0.2) is 60.0 Å². The summed E-state index contributed by atoms with van der Waals surface area (Å²) in [7, 11) is 1.60. The summed E-state index contributed by atoms with van der Waals surface area (Å²) < 4.78 is 10.2. The molecule has 138 valence electrons. The van der Waals surface area contributed by atoms with Crippen molar-refractivity contribution in [2.24, 2.45) is 0 Å². The van der Waals surface area contributed by atoms with E-state index in [0.717, 1.165) is 16.9 Å². The lowest BCUT2D eigenvalue weighted by atomic mass is 10.2. The van der Waals surface area contributed by atoms with Crippen LogP contribution in [0, 0.1) is 0 Å². The topological polar surface area (TPSA) is 77.5 Å². The first-order valence-electron chi connectivity index (χ1n) is 8.23. The Labute approximate surface area is 160 Å². The van der Waals surface area contributed by atoms with Gasteiger partial charge in [-0.15, -0.1) is 11.3 Å². The molecule has 0 aliphatic heterocycles. The highest BCUT2D eigenvalue weighted by atomic mass is 32.1. The van der Waals surface area contributed by atoms with Gasteiger partial charge in [0.15, 0.2) is 12.3 Å². The van der Waals surface area contributed by atoms with Crippen LogP contribution in [0.25, 0.3) is 10.6 Å². The van der Waals surface area contributed by atoms with E-state index < -0.39 is 5.97 Å².